The molecular formula is C20H17FN2O4S. The number of methoxy groups -OCH3 is 1. The zero-order valence-electron chi connectivity index (χ0n) is 14.9. The number of nitrogens with zero attached hydrogens (tertiary/aromatic N) is 1. The van der Waals surface area contributed by atoms with Crippen LogP contribution in [0.1, 0.15) is 11.1 Å². The van der Waals surface area contributed by atoms with E-state index in [-0.39, 0.29) is 9.63 Å². The number of nitrogens with one attached hydrogen (secondary N) is 1. The second kappa shape index (κ2) is 8.10. The molecule has 1 aromatic heterocycles. The fourth-order valence-electron chi connectivity index (χ4n) is 2.46. The largest absolute Gasteiger partial charge is 0.617 e. The summed E-state index contributed by atoms with van der Waals surface area (Å²) in [5, 5.41) is 11.1. The maximum atomic E-state index is 13.4. The van der Waals surface area contributed by atoms with Crippen molar-refractivity contribution in [1.82, 2.24) is 0 Å². The van der Waals surface area contributed by atoms with Crippen molar-refractivity contribution in [1.29, 1.82) is 0 Å². The van der Waals surface area contributed by atoms with Crippen LogP contribution >= 0.6 is 0 Å². The van der Waals surface area contributed by atoms with Gasteiger partial charge in [-0.1, -0.05) is 30.4 Å². The van der Waals surface area contributed by atoms with Gasteiger partial charge in [-0.2, -0.15) is 0 Å². The number of aromatic nitrogens is 1. The lowest BCUT2D eigenvalue weighted by Crippen LogP contribution is -2.30. The van der Waals surface area contributed by atoms with E-state index in [2.05, 4.69) is 4.72 Å². The normalized spacial score (nSPS) is 11.5. The van der Waals surface area contributed by atoms with E-state index in [1.807, 2.05) is 0 Å². The third-order valence-electron chi connectivity index (χ3n) is 3.93. The smallest absolute Gasteiger partial charge is 0.371 e. The van der Waals surface area contributed by atoms with E-state index < -0.39 is 16.0 Å². The predicted molar refractivity (Wildman–Crippen MR) is 105 cm³/mol. The molecule has 0 aliphatic heterocycles. The molecule has 8 heteroatoms. The highest BCUT2D eigenvalue weighted by Gasteiger charge is 2.15. The van der Waals surface area contributed by atoms with Gasteiger partial charge in [-0.05, 0) is 41.5 Å². The van der Waals surface area contributed by atoms with Crippen molar-refractivity contribution < 1.29 is 22.3 Å². The van der Waals surface area contributed by atoms with Crippen LogP contribution in [0.25, 0.3) is 12.2 Å². The molecule has 3 aromatic rings. The molecule has 0 fully saturated rings. The van der Waals surface area contributed by atoms with Crippen LogP contribution in [0.15, 0.2) is 71.8 Å². The number of pyridine rings is 1. The molecule has 0 bridgehead atoms. The van der Waals surface area contributed by atoms with E-state index >= 15 is 0 Å². The van der Waals surface area contributed by atoms with Crippen LogP contribution in [0.3, 0.4) is 0 Å². The highest BCUT2D eigenvalue weighted by molar-refractivity contribution is 7.92. The molecule has 3 rings (SSSR count). The summed E-state index contributed by atoms with van der Waals surface area (Å²) in [6.45, 7) is 0. The van der Waals surface area contributed by atoms with Crippen LogP contribution in [0, 0.1) is 11.2 Å². The number of ether oxygens (including phenoxy) is 1. The van der Waals surface area contributed by atoms with Gasteiger partial charge in [0.15, 0.2) is 6.20 Å². The van der Waals surface area contributed by atoms with Crippen LogP contribution in [0.4, 0.5) is 10.1 Å². The summed E-state index contributed by atoms with van der Waals surface area (Å²) in [7, 11) is -2.30. The fraction of sp³-hybridized carbons (Fsp3) is 0.0500. The Balaban J connectivity index is 1.87. The summed E-state index contributed by atoms with van der Waals surface area (Å²) in [6, 6.07) is 15.4. The summed E-state index contributed by atoms with van der Waals surface area (Å²) < 4.78 is 46.4. The van der Waals surface area contributed by atoms with E-state index in [9.17, 15) is 18.0 Å². The molecule has 1 heterocycles. The lowest BCUT2D eigenvalue weighted by Gasteiger charge is -2.11. The van der Waals surface area contributed by atoms with Crippen molar-refractivity contribution in [3.8, 4) is 5.75 Å². The standard InChI is InChI=1S/C20H17FN2O4S/c1-27-17-8-10-18(11-9-17)28(25,26)22-19-5-3-2-4-16(19)7-6-15-12-13-23(24)20(21)14-15/h2-14,22H,1H3. The Hall–Kier alpha value is -3.39. The Morgan fingerprint density at radius 3 is 2.46 bits per heavy atom. The van der Waals surface area contributed by atoms with Gasteiger partial charge in [0.2, 0.25) is 0 Å². The van der Waals surface area contributed by atoms with Gasteiger partial charge >= 0.3 is 5.95 Å². The van der Waals surface area contributed by atoms with Gasteiger partial charge in [-0.25, -0.2) is 8.42 Å². The Labute approximate surface area is 162 Å². The molecule has 0 aliphatic rings. The number of halogens is 1. The molecule has 1 N–H and O–H groups in total. The second-order valence-corrected chi connectivity index (χ2v) is 7.49. The third kappa shape index (κ3) is 4.47. The quantitative estimate of drug-likeness (QED) is 0.390. The van der Waals surface area contributed by atoms with Crippen molar-refractivity contribution >= 4 is 27.9 Å². The summed E-state index contributed by atoms with van der Waals surface area (Å²) in [4.78, 5) is 0.0946. The number of rotatable bonds is 6. The molecule has 0 atom stereocenters. The van der Waals surface area contributed by atoms with Crippen LogP contribution in [-0.2, 0) is 10.0 Å². The van der Waals surface area contributed by atoms with Crippen molar-refractivity contribution in [2.45, 2.75) is 4.90 Å². The van der Waals surface area contributed by atoms with Gasteiger partial charge in [0.1, 0.15) is 5.75 Å². The summed E-state index contributed by atoms with van der Waals surface area (Å²) in [6.07, 6.45) is 4.28. The number of benzene rings is 2. The Bertz CT molecular complexity index is 1110. The first-order valence-corrected chi connectivity index (χ1v) is 9.70. The van der Waals surface area contributed by atoms with Crippen molar-refractivity contribution in [3.05, 3.63) is 89.1 Å². The Morgan fingerprint density at radius 2 is 1.79 bits per heavy atom. The van der Waals surface area contributed by atoms with Crippen LogP contribution < -0.4 is 14.2 Å². The lowest BCUT2D eigenvalue weighted by molar-refractivity contribution is -0.637. The molecule has 144 valence electrons. The average molecular weight is 400 g/mol. The maximum Gasteiger partial charge on any atom is 0.371 e. The van der Waals surface area contributed by atoms with E-state index in [0.717, 1.165) is 12.3 Å². The fourth-order valence-corrected chi connectivity index (χ4v) is 3.55. The van der Waals surface area contributed by atoms with Gasteiger partial charge in [0, 0.05) is 6.07 Å². The van der Waals surface area contributed by atoms with Crippen molar-refractivity contribution in [2.24, 2.45) is 0 Å². The minimum absolute atomic E-state index is 0.0946. The SMILES string of the molecule is COc1ccc(S(=O)(=O)Nc2ccccc2C=Cc2cc[n+]([O-])c(F)c2)cc1. The summed E-state index contributed by atoms with van der Waals surface area (Å²) >= 11 is 0. The summed E-state index contributed by atoms with van der Waals surface area (Å²) in [5.74, 6) is -0.368. The number of hydrogen-bond donors (Lipinski definition) is 1. The molecule has 6 nitrogen and oxygen atoms in total. The highest BCUT2D eigenvalue weighted by atomic mass is 32.2. The first kappa shape index (κ1) is 19.4. The third-order valence-corrected chi connectivity index (χ3v) is 5.31. The van der Waals surface area contributed by atoms with Crippen molar-refractivity contribution in [3.63, 3.8) is 0 Å². The number of hydrogen-bond acceptors (Lipinski definition) is 4. The molecule has 0 saturated carbocycles. The molecule has 0 aliphatic carbocycles. The molecule has 0 spiro atoms. The first-order chi connectivity index (χ1) is 13.4. The van der Waals surface area contributed by atoms with E-state index in [0.29, 0.717) is 22.6 Å². The van der Waals surface area contributed by atoms with Crippen LogP contribution in [0.2, 0.25) is 0 Å². The predicted octanol–water partition coefficient (Wildman–Crippen LogP) is 3.44. The molecule has 0 saturated heterocycles. The molecule has 0 radical (unpaired) electrons. The zero-order valence-corrected chi connectivity index (χ0v) is 15.7. The van der Waals surface area contributed by atoms with Crippen LogP contribution in [-0.4, -0.2) is 15.5 Å². The highest BCUT2D eigenvalue weighted by Crippen LogP contribution is 2.23. The van der Waals surface area contributed by atoms with E-state index in [1.165, 1.54) is 25.3 Å². The zero-order chi connectivity index (χ0) is 20.1. The van der Waals surface area contributed by atoms with E-state index in [4.69, 9.17) is 4.74 Å². The van der Waals surface area contributed by atoms with Gasteiger partial charge < -0.3 is 9.94 Å². The Morgan fingerprint density at radius 1 is 1.07 bits per heavy atom. The molecule has 0 unspecified atom stereocenters. The number of para-hydroxylation sites is 1. The Kier molecular flexibility index (Phi) is 5.60. The van der Waals surface area contributed by atoms with E-state index in [1.54, 1.807) is 48.6 Å². The minimum Gasteiger partial charge on any atom is -0.617 e. The van der Waals surface area contributed by atoms with Crippen LogP contribution in [0.5, 0.6) is 5.75 Å². The number of sulfonamides is 1. The molecule has 2 aromatic carbocycles. The monoisotopic (exact) mass is 400 g/mol. The molecular weight excluding hydrogens is 383 g/mol. The molecule has 28 heavy (non-hydrogen) atoms. The van der Waals surface area contributed by atoms with Gasteiger partial charge in [-0.3, -0.25) is 4.72 Å². The average Bonchev–Trinajstić information content (AvgIpc) is 2.69. The van der Waals surface area contributed by atoms with Gasteiger partial charge in [-0.15, -0.1) is 9.12 Å². The number of anilines is 1. The minimum atomic E-state index is -3.80. The second-order valence-electron chi connectivity index (χ2n) is 5.81. The lowest BCUT2D eigenvalue weighted by atomic mass is 10.1. The first-order valence-electron chi connectivity index (χ1n) is 8.22. The molecule has 0 amide bonds. The summed E-state index contributed by atoms with van der Waals surface area (Å²) in [5.41, 5.74) is 1.42. The van der Waals surface area contributed by atoms with Crippen molar-refractivity contribution in [2.75, 3.05) is 11.8 Å². The maximum absolute atomic E-state index is 13.4. The topological polar surface area (TPSA) is 82.3 Å². The van der Waals surface area contributed by atoms with Gasteiger partial charge in [0.25, 0.3) is 10.0 Å². The van der Waals surface area contributed by atoms with Gasteiger partial charge in [0.05, 0.1) is 23.8 Å².